The number of nitrogens with one attached hydrogen (secondary N) is 1. The Morgan fingerprint density at radius 3 is 2.31 bits per heavy atom. The van der Waals surface area contributed by atoms with Gasteiger partial charge in [0, 0.05) is 5.92 Å². The number of fused-ring (bicyclic) bond motifs is 3. The summed E-state index contributed by atoms with van der Waals surface area (Å²) in [5.74, 6) is 4.26. The van der Waals surface area contributed by atoms with E-state index in [1.807, 2.05) is 36.4 Å². The number of phenolic OH excluding ortho intramolecular Hbond substituents is 1. The summed E-state index contributed by atoms with van der Waals surface area (Å²) in [7, 11) is 0. The molecule has 29 heavy (non-hydrogen) atoms. The average molecular weight is 387 g/mol. The highest BCUT2D eigenvalue weighted by atomic mass is 19.1. The van der Waals surface area contributed by atoms with Gasteiger partial charge in [-0.2, -0.15) is 0 Å². The van der Waals surface area contributed by atoms with Crippen LogP contribution in [0.15, 0.2) is 66.7 Å². The summed E-state index contributed by atoms with van der Waals surface area (Å²) < 4.78 is 19.0. The van der Waals surface area contributed by atoms with Gasteiger partial charge < -0.3 is 15.2 Å². The van der Waals surface area contributed by atoms with Gasteiger partial charge in [0.25, 0.3) is 0 Å². The topological polar surface area (TPSA) is 58.6 Å². The number of hydrogen-bond donors (Lipinski definition) is 2. The Morgan fingerprint density at radius 1 is 1.00 bits per heavy atom. The van der Waals surface area contributed by atoms with Crippen LogP contribution < -0.4 is 5.32 Å². The molecule has 0 heterocycles. The van der Waals surface area contributed by atoms with Crippen LogP contribution in [0.25, 0.3) is 11.1 Å². The number of amides is 1. The van der Waals surface area contributed by atoms with Crippen LogP contribution in [0.5, 0.6) is 5.75 Å². The summed E-state index contributed by atoms with van der Waals surface area (Å²) in [5.41, 5.74) is 4.50. The Hall–Kier alpha value is -3.78. The summed E-state index contributed by atoms with van der Waals surface area (Å²) in [6, 6.07) is 20.1. The molecular weight excluding hydrogens is 369 g/mol. The maximum atomic E-state index is 13.6. The largest absolute Gasteiger partial charge is 0.507 e. The SMILES string of the molecule is O=C(NCC#Cc1c(O)cccc1F)OCC1c2ccccc2-c2ccccc21. The Kier molecular flexibility index (Phi) is 5.17. The van der Waals surface area contributed by atoms with E-state index < -0.39 is 11.9 Å². The zero-order valence-corrected chi connectivity index (χ0v) is 15.5. The summed E-state index contributed by atoms with van der Waals surface area (Å²) in [6.07, 6.45) is -0.598. The molecule has 0 bridgehead atoms. The maximum absolute atomic E-state index is 13.6. The number of ether oxygens (including phenoxy) is 1. The lowest BCUT2D eigenvalue weighted by Gasteiger charge is -2.14. The second kappa shape index (κ2) is 8.07. The van der Waals surface area contributed by atoms with E-state index in [1.54, 1.807) is 0 Å². The predicted octanol–water partition coefficient (Wildman–Crippen LogP) is 4.42. The Bertz CT molecular complexity index is 1060. The molecule has 0 fully saturated rings. The number of halogens is 1. The quantitative estimate of drug-likeness (QED) is 0.654. The van der Waals surface area contributed by atoms with Crippen molar-refractivity contribution in [3.63, 3.8) is 0 Å². The van der Waals surface area contributed by atoms with Gasteiger partial charge in [-0.15, -0.1) is 0 Å². The number of carbonyl (C=O) groups is 1. The van der Waals surface area contributed by atoms with Gasteiger partial charge in [0.1, 0.15) is 23.7 Å². The molecule has 1 amide bonds. The molecule has 5 heteroatoms. The fraction of sp³-hybridized carbons (Fsp3) is 0.125. The average Bonchev–Trinajstić information content (AvgIpc) is 3.05. The van der Waals surface area contributed by atoms with Gasteiger partial charge in [-0.25, -0.2) is 9.18 Å². The van der Waals surface area contributed by atoms with Gasteiger partial charge in [0.15, 0.2) is 0 Å². The Balaban J connectivity index is 1.37. The molecule has 3 aromatic rings. The van der Waals surface area contributed by atoms with Crippen molar-refractivity contribution >= 4 is 6.09 Å². The summed E-state index contributed by atoms with van der Waals surface area (Å²) in [5, 5.41) is 12.1. The van der Waals surface area contributed by atoms with Crippen molar-refractivity contribution < 1.29 is 19.0 Å². The van der Waals surface area contributed by atoms with Crippen molar-refractivity contribution in [2.24, 2.45) is 0 Å². The number of rotatable bonds is 3. The van der Waals surface area contributed by atoms with E-state index in [1.165, 1.54) is 18.2 Å². The summed E-state index contributed by atoms with van der Waals surface area (Å²) in [6.45, 7) is 0.186. The molecule has 0 radical (unpaired) electrons. The standard InChI is InChI=1S/C24H18FNO3/c25-22-12-5-13-23(27)20(22)11-6-14-26-24(28)29-15-21-18-9-3-1-7-16(18)17-8-2-4-10-19(17)21/h1-5,7-10,12-13,21,27H,14-15H2,(H,26,28). The second-order valence-corrected chi connectivity index (χ2v) is 6.61. The molecule has 0 saturated carbocycles. The molecule has 4 rings (SSSR count). The number of phenols is 1. The first kappa shape index (κ1) is 18.6. The number of alkyl carbamates (subject to hydrolysis) is 1. The van der Waals surface area contributed by atoms with Crippen molar-refractivity contribution in [3.05, 3.63) is 89.2 Å². The highest BCUT2D eigenvalue weighted by Crippen LogP contribution is 2.44. The van der Waals surface area contributed by atoms with E-state index in [0.29, 0.717) is 0 Å². The lowest BCUT2D eigenvalue weighted by atomic mass is 9.98. The number of aromatic hydroxyl groups is 1. The van der Waals surface area contributed by atoms with Crippen molar-refractivity contribution in [2.75, 3.05) is 13.2 Å². The second-order valence-electron chi connectivity index (χ2n) is 6.61. The van der Waals surface area contributed by atoms with Crippen LogP contribution in [0.3, 0.4) is 0 Å². The van der Waals surface area contributed by atoms with Crippen molar-refractivity contribution in [1.82, 2.24) is 5.32 Å². The first-order valence-electron chi connectivity index (χ1n) is 9.20. The molecule has 144 valence electrons. The third kappa shape index (κ3) is 3.78. The number of carbonyl (C=O) groups excluding carboxylic acids is 1. The molecular formula is C24H18FNO3. The number of benzene rings is 3. The van der Waals surface area contributed by atoms with Crippen molar-refractivity contribution in [1.29, 1.82) is 0 Å². The molecule has 0 aliphatic heterocycles. The molecule has 2 N–H and O–H groups in total. The third-order valence-electron chi connectivity index (χ3n) is 4.87. The van der Waals surface area contributed by atoms with Gasteiger partial charge in [-0.1, -0.05) is 66.4 Å². The molecule has 3 aromatic carbocycles. The van der Waals surface area contributed by atoms with E-state index in [9.17, 15) is 14.3 Å². The molecule has 1 aliphatic carbocycles. The van der Waals surface area contributed by atoms with E-state index in [4.69, 9.17) is 4.74 Å². The molecule has 0 spiro atoms. The van der Waals surface area contributed by atoms with Gasteiger partial charge >= 0.3 is 6.09 Å². The Morgan fingerprint density at radius 2 is 1.66 bits per heavy atom. The first-order valence-corrected chi connectivity index (χ1v) is 9.20. The summed E-state index contributed by atoms with van der Waals surface area (Å²) >= 11 is 0. The zero-order chi connectivity index (χ0) is 20.2. The van der Waals surface area contributed by atoms with E-state index in [2.05, 4.69) is 29.3 Å². The van der Waals surface area contributed by atoms with Crippen LogP contribution >= 0.6 is 0 Å². The van der Waals surface area contributed by atoms with Crippen LogP contribution in [0.4, 0.5) is 9.18 Å². The van der Waals surface area contributed by atoms with Crippen LogP contribution in [0, 0.1) is 17.7 Å². The van der Waals surface area contributed by atoms with Crippen LogP contribution in [0.2, 0.25) is 0 Å². The van der Waals surface area contributed by atoms with E-state index >= 15 is 0 Å². The lowest BCUT2D eigenvalue weighted by molar-refractivity contribution is 0.144. The van der Waals surface area contributed by atoms with Crippen LogP contribution in [-0.2, 0) is 4.74 Å². The molecule has 1 aliphatic rings. The van der Waals surface area contributed by atoms with Gasteiger partial charge in [-0.05, 0) is 34.4 Å². The molecule has 0 atom stereocenters. The van der Waals surface area contributed by atoms with E-state index in [0.717, 1.165) is 22.3 Å². The maximum Gasteiger partial charge on any atom is 0.407 e. The van der Waals surface area contributed by atoms with Crippen molar-refractivity contribution in [3.8, 4) is 28.7 Å². The molecule has 0 aromatic heterocycles. The van der Waals surface area contributed by atoms with Crippen molar-refractivity contribution in [2.45, 2.75) is 5.92 Å². The van der Waals surface area contributed by atoms with Gasteiger partial charge in [0.05, 0.1) is 6.54 Å². The van der Waals surface area contributed by atoms with Gasteiger partial charge in [-0.3, -0.25) is 0 Å². The molecule has 4 nitrogen and oxygen atoms in total. The minimum atomic E-state index is -0.612. The Labute approximate surface area is 168 Å². The minimum Gasteiger partial charge on any atom is -0.507 e. The van der Waals surface area contributed by atoms with Crippen LogP contribution in [0.1, 0.15) is 22.6 Å². The molecule has 0 saturated heterocycles. The van der Waals surface area contributed by atoms with Crippen LogP contribution in [-0.4, -0.2) is 24.4 Å². The first-order chi connectivity index (χ1) is 14.1. The van der Waals surface area contributed by atoms with Gasteiger partial charge in [0.2, 0.25) is 0 Å². The fourth-order valence-corrected chi connectivity index (χ4v) is 3.53. The number of hydrogen-bond acceptors (Lipinski definition) is 3. The smallest absolute Gasteiger partial charge is 0.407 e. The summed E-state index contributed by atoms with van der Waals surface area (Å²) in [4.78, 5) is 12.0. The third-order valence-corrected chi connectivity index (χ3v) is 4.87. The highest BCUT2D eigenvalue weighted by molar-refractivity contribution is 5.79. The normalized spacial score (nSPS) is 11.8. The van der Waals surface area contributed by atoms with E-state index in [-0.39, 0.29) is 30.4 Å². The zero-order valence-electron chi connectivity index (χ0n) is 15.5. The fourth-order valence-electron chi connectivity index (χ4n) is 3.53. The highest BCUT2D eigenvalue weighted by Gasteiger charge is 2.28. The lowest BCUT2D eigenvalue weighted by Crippen LogP contribution is -2.26. The predicted molar refractivity (Wildman–Crippen MR) is 108 cm³/mol. The monoisotopic (exact) mass is 387 g/mol. The minimum absolute atomic E-state index is 0.0189. The molecule has 0 unspecified atom stereocenters.